The maximum Gasteiger partial charge on any atom is 0.313 e. The summed E-state index contributed by atoms with van der Waals surface area (Å²) < 4.78 is 35.3. The van der Waals surface area contributed by atoms with Crippen LogP contribution in [0.25, 0.3) is 0 Å². The molecular weight excluding hydrogens is 338 g/mol. The molecule has 4 bridgehead atoms. The fourth-order valence-electron chi connectivity index (χ4n) is 5.34. The summed E-state index contributed by atoms with van der Waals surface area (Å²) in [6.07, 6.45) is 3.58. The van der Waals surface area contributed by atoms with Gasteiger partial charge in [0.05, 0.1) is 10.8 Å². The zero-order valence-corrected chi connectivity index (χ0v) is 14.2. The lowest BCUT2D eigenvalue weighted by molar-refractivity contribution is -0.182. The number of carbonyl (C=O) groups excluding carboxylic acids is 3. The predicted octanol–water partition coefficient (Wildman–Crippen LogP) is 0.624. The molecular formula is C15H21NO7S. The van der Waals surface area contributed by atoms with Gasteiger partial charge in [-0.25, -0.2) is 0 Å². The minimum atomic E-state index is -4.41. The van der Waals surface area contributed by atoms with Crippen molar-refractivity contribution in [3.8, 4) is 0 Å². The maximum absolute atomic E-state index is 12.6. The van der Waals surface area contributed by atoms with Crippen molar-refractivity contribution in [1.82, 2.24) is 5.32 Å². The second-order valence-corrected chi connectivity index (χ2v) is 9.06. The van der Waals surface area contributed by atoms with Gasteiger partial charge in [0.1, 0.15) is 0 Å². The molecule has 134 valence electrons. The van der Waals surface area contributed by atoms with Crippen LogP contribution in [-0.2, 0) is 29.2 Å². The van der Waals surface area contributed by atoms with E-state index in [1.54, 1.807) is 0 Å². The zero-order chi connectivity index (χ0) is 17.8. The Hall–Kier alpha value is -1.48. The minimum Gasteiger partial charge on any atom is -0.446 e. The fraction of sp³-hybridized carbons (Fsp3) is 0.800. The molecule has 9 heteroatoms. The van der Waals surface area contributed by atoms with Gasteiger partial charge >= 0.3 is 16.1 Å². The van der Waals surface area contributed by atoms with Crippen LogP contribution in [0, 0.1) is 22.7 Å². The molecule has 0 saturated heterocycles. The highest BCUT2D eigenvalue weighted by Crippen LogP contribution is 2.65. The number of ether oxygens (including phenoxy) is 1. The SMILES string of the molecule is CC(=O)NC(=O)C12CC3CC(C1)CC(C(=O)OCS(=O)(=O)O)(C3)C2. The Balaban J connectivity index is 1.84. The summed E-state index contributed by atoms with van der Waals surface area (Å²) in [5, 5.41) is 2.35. The highest BCUT2D eigenvalue weighted by molar-refractivity contribution is 7.85. The molecule has 0 aromatic rings. The molecule has 2 N–H and O–H groups in total. The van der Waals surface area contributed by atoms with Crippen molar-refractivity contribution in [3.63, 3.8) is 0 Å². The van der Waals surface area contributed by atoms with Gasteiger partial charge in [-0.3, -0.25) is 24.3 Å². The molecule has 2 unspecified atom stereocenters. The summed E-state index contributed by atoms with van der Waals surface area (Å²) in [6, 6.07) is 0. The molecule has 8 nitrogen and oxygen atoms in total. The monoisotopic (exact) mass is 359 g/mol. The van der Waals surface area contributed by atoms with E-state index in [1.165, 1.54) is 6.92 Å². The number of hydrogen-bond acceptors (Lipinski definition) is 6. The van der Waals surface area contributed by atoms with E-state index < -0.39 is 38.8 Å². The molecule has 0 radical (unpaired) electrons. The molecule has 2 atom stereocenters. The third kappa shape index (κ3) is 3.06. The van der Waals surface area contributed by atoms with Crippen molar-refractivity contribution in [2.45, 2.75) is 45.4 Å². The number of hydrogen-bond donors (Lipinski definition) is 2. The second kappa shape index (κ2) is 5.52. The van der Waals surface area contributed by atoms with Crippen LogP contribution >= 0.6 is 0 Å². The Morgan fingerprint density at radius 3 is 2.17 bits per heavy atom. The number of rotatable bonds is 4. The summed E-state index contributed by atoms with van der Waals surface area (Å²) >= 11 is 0. The van der Waals surface area contributed by atoms with E-state index >= 15 is 0 Å². The number of imide groups is 1. The quantitative estimate of drug-likeness (QED) is 0.556. The first-order valence-corrected chi connectivity index (χ1v) is 9.59. The van der Waals surface area contributed by atoms with Gasteiger partial charge in [0.25, 0.3) is 0 Å². The van der Waals surface area contributed by atoms with E-state index in [0.29, 0.717) is 25.7 Å². The first-order chi connectivity index (χ1) is 11.0. The normalized spacial score (nSPS) is 37.1. The van der Waals surface area contributed by atoms with E-state index in [0.717, 1.165) is 6.42 Å². The van der Waals surface area contributed by atoms with E-state index in [1.807, 2.05) is 0 Å². The van der Waals surface area contributed by atoms with Gasteiger partial charge in [0.15, 0.2) is 0 Å². The van der Waals surface area contributed by atoms with Gasteiger partial charge in [-0.1, -0.05) is 0 Å². The largest absolute Gasteiger partial charge is 0.446 e. The third-order valence-electron chi connectivity index (χ3n) is 5.60. The minimum absolute atomic E-state index is 0.183. The van der Waals surface area contributed by atoms with Crippen molar-refractivity contribution >= 4 is 27.9 Å². The van der Waals surface area contributed by atoms with E-state index in [4.69, 9.17) is 9.29 Å². The molecule has 4 aliphatic rings. The highest BCUT2D eigenvalue weighted by Gasteiger charge is 2.63. The molecule has 0 aromatic heterocycles. The second-order valence-electron chi connectivity index (χ2n) is 7.66. The van der Waals surface area contributed by atoms with E-state index in [-0.39, 0.29) is 24.2 Å². The molecule has 0 aliphatic heterocycles. The molecule has 2 amide bonds. The molecule has 4 rings (SSSR count). The highest BCUT2D eigenvalue weighted by atomic mass is 32.2. The molecule has 0 heterocycles. The lowest BCUT2D eigenvalue weighted by Crippen LogP contribution is -2.60. The Labute approximate surface area is 140 Å². The number of carbonyl (C=O) groups is 3. The Morgan fingerprint density at radius 2 is 1.67 bits per heavy atom. The van der Waals surface area contributed by atoms with Crippen LogP contribution in [0.3, 0.4) is 0 Å². The van der Waals surface area contributed by atoms with Crippen LogP contribution in [0.1, 0.15) is 45.4 Å². The molecule has 0 spiro atoms. The Morgan fingerprint density at radius 1 is 1.12 bits per heavy atom. The van der Waals surface area contributed by atoms with Crippen LogP contribution in [0.5, 0.6) is 0 Å². The Bertz CT molecular complexity index is 685. The van der Waals surface area contributed by atoms with Gasteiger partial charge < -0.3 is 4.74 Å². The summed E-state index contributed by atoms with van der Waals surface area (Å²) in [5.74, 6) is -2.16. The summed E-state index contributed by atoms with van der Waals surface area (Å²) in [5.41, 5.74) is -1.67. The van der Waals surface area contributed by atoms with Gasteiger partial charge in [-0.05, 0) is 50.4 Å². The van der Waals surface area contributed by atoms with Crippen LogP contribution < -0.4 is 5.32 Å². The smallest absolute Gasteiger partial charge is 0.313 e. The van der Waals surface area contributed by atoms with Crippen molar-refractivity contribution in [3.05, 3.63) is 0 Å². The van der Waals surface area contributed by atoms with Gasteiger partial charge in [-0.15, -0.1) is 0 Å². The Kier molecular flexibility index (Phi) is 3.99. The van der Waals surface area contributed by atoms with E-state index in [2.05, 4.69) is 5.32 Å². The fourth-order valence-corrected chi connectivity index (χ4v) is 5.60. The van der Waals surface area contributed by atoms with Gasteiger partial charge in [-0.2, -0.15) is 8.42 Å². The van der Waals surface area contributed by atoms with Crippen molar-refractivity contribution in [1.29, 1.82) is 0 Å². The molecule has 0 aromatic carbocycles. The van der Waals surface area contributed by atoms with Crippen molar-refractivity contribution < 1.29 is 32.1 Å². The predicted molar refractivity (Wildman–Crippen MR) is 80.9 cm³/mol. The average molecular weight is 359 g/mol. The van der Waals surface area contributed by atoms with Crippen molar-refractivity contribution in [2.75, 3.05) is 5.94 Å². The lowest BCUT2D eigenvalue weighted by atomic mass is 9.44. The maximum atomic E-state index is 12.6. The summed E-state index contributed by atoms with van der Waals surface area (Å²) in [7, 11) is -4.41. The molecule has 4 aliphatic carbocycles. The number of nitrogens with one attached hydrogen (secondary N) is 1. The molecule has 4 saturated carbocycles. The zero-order valence-electron chi connectivity index (χ0n) is 13.4. The first kappa shape index (κ1) is 17.3. The first-order valence-electron chi connectivity index (χ1n) is 7.98. The van der Waals surface area contributed by atoms with Gasteiger partial charge in [0, 0.05) is 6.92 Å². The summed E-state index contributed by atoms with van der Waals surface area (Å²) in [6.45, 7) is 1.27. The van der Waals surface area contributed by atoms with Gasteiger partial charge in [0.2, 0.25) is 17.8 Å². The molecule has 4 fully saturated rings. The molecule has 24 heavy (non-hydrogen) atoms. The third-order valence-corrected chi connectivity index (χ3v) is 6.02. The number of amides is 2. The summed E-state index contributed by atoms with van der Waals surface area (Å²) in [4.78, 5) is 36.4. The number of esters is 1. The van der Waals surface area contributed by atoms with Crippen LogP contribution in [0.15, 0.2) is 0 Å². The average Bonchev–Trinajstić information content (AvgIpc) is 2.41. The van der Waals surface area contributed by atoms with Crippen LogP contribution in [0.2, 0.25) is 0 Å². The lowest BCUT2D eigenvalue weighted by Gasteiger charge is -2.59. The topological polar surface area (TPSA) is 127 Å². The van der Waals surface area contributed by atoms with Crippen molar-refractivity contribution in [2.24, 2.45) is 22.7 Å². The van der Waals surface area contributed by atoms with Crippen LogP contribution in [-0.4, -0.2) is 36.7 Å². The van der Waals surface area contributed by atoms with E-state index in [9.17, 15) is 22.8 Å². The van der Waals surface area contributed by atoms with Crippen LogP contribution in [0.4, 0.5) is 0 Å². The standard InChI is InChI=1S/C15H21NO7S/c1-9(17)16-12(18)14-3-10-2-11(4-14)6-15(5-10,7-14)13(19)23-8-24(20,21)22/h10-11H,2-8H2,1H3,(H,16,17,18)(H,20,21,22).